The van der Waals surface area contributed by atoms with Crippen molar-refractivity contribution in [2.45, 2.75) is 12.3 Å². The van der Waals surface area contributed by atoms with Crippen LogP contribution in [0.3, 0.4) is 0 Å². The lowest BCUT2D eigenvalue weighted by atomic mass is 9.98. The first-order valence-corrected chi connectivity index (χ1v) is 5.70. The van der Waals surface area contributed by atoms with Crippen LogP contribution in [0.15, 0.2) is 30.9 Å². The molecule has 1 aliphatic rings. The van der Waals surface area contributed by atoms with Crippen LogP contribution in [-0.4, -0.2) is 27.9 Å². The van der Waals surface area contributed by atoms with Crippen LogP contribution in [0.2, 0.25) is 0 Å². The number of halogens is 1. The van der Waals surface area contributed by atoms with Gasteiger partial charge in [0.2, 0.25) is 0 Å². The molecule has 1 aromatic heterocycles. The Morgan fingerprint density at radius 1 is 1.41 bits per heavy atom. The summed E-state index contributed by atoms with van der Waals surface area (Å²) in [6.07, 6.45) is 3.96. The third kappa shape index (κ3) is 1.93. The first-order chi connectivity index (χ1) is 8.34. The molecule has 0 aliphatic carbocycles. The second-order valence-electron chi connectivity index (χ2n) is 4.24. The zero-order valence-corrected chi connectivity index (χ0v) is 9.31. The molecule has 17 heavy (non-hydrogen) atoms. The molecule has 2 heterocycles. The monoisotopic (exact) mass is 232 g/mol. The van der Waals surface area contributed by atoms with Gasteiger partial charge in [-0.25, -0.2) is 14.1 Å². The van der Waals surface area contributed by atoms with Crippen molar-refractivity contribution in [1.29, 1.82) is 0 Å². The van der Waals surface area contributed by atoms with Gasteiger partial charge in [-0.3, -0.25) is 0 Å². The Morgan fingerprint density at radius 2 is 2.35 bits per heavy atom. The lowest BCUT2D eigenvalue weighted by Gasteiger charge is -2.10. The highest BCUT2D eigenvalue weighted by Crippen LogP contribution is 2.24. The average molecular weight is 232 g/mol. The fourth-order valence-corrected chi connectivity index (χ4v) is 2.23. The van der Waals surface area contributed by atoms with E-state index >= 15 is 0 Å². The van der Waals surface area contributed by atoms with E-state index in [2.05, 4.69) is 15.4 Å². The van der Waals surface area contributed by atoms with Gasteiger partial charge < -0.3 is 5.32 Å². The molecule has 1 aromatic carbocycles. The van der Waals surface area contributed by atoms with Crippen molar-refractivity contribution in [3.8, 4) is 5.69 Å². The Morgan fingerprint density at radius 3 is 3.00 bits per heavy atom. The standard InChI is InChI=1S/C12H13FN4/c13-11-5-9(10-3-4-14-6-10)1-2-12(11)17-8-15-7-16-17/h1-2,5,7-8,10,14H,3-4,6H2. The highest BCUT2D eigenvalue weighted by Gasteiger charge is 2.18. The molecule has 1 unspecified atom stereocenters. The number of rotatable bonds is 2. The van der Waals surface area contributed by atoms with Crippen LogP contribution in [0.25, 0.3) is 5.69 Å². The zero-order valence-electron chi connectivity index (χ0n) is 9.31. The minimum absolute atomic E-state index is 0.250. The summed E-state index contributed by atoms with van der Waals surface area (Å²) < 4.78 is 15.4. The second-order valence-corrected chi connectivity index (χ2v) is 4.24. The van der Waals surface area contributed by atoms with E-state index in [0.717, 1.165) is 25.1 Å². The van der Waals surface area contributed by atoms with E-state index in [0.29, 0.717) is 11.6 Å². The molecule has 4 nitrogen and oxygen atoms in total. The van der Waals surface area contributed by atoms with Crippen LogP contribution >= 0.6 is 0 Å². The van der Waals surface area contributed by atoms with Crippen LogP contribution in [0, 0.1) is 5.82 Å². The normalized spacial score (nSPS) is 19.7. The van der Waals surface area contributed by atoms with Crippen LogP contribution < -0.4 is 5.32 Å². The summed E-state index contributed by atoms with van der Waals surface area (Å²) in [5.41, 5.74) is 1.49. The Bertz CT molecular complexity index is 503. The molecular formula is C12H13FN4. The summed E-state index contributed by atoms with van der Waals surface area (Å²) in [6, 6.07) is 5.34. The molecule has 0 bridgehead atoms. The molecule has 2 aromatic rings. The van der Waals surface area contributed by atoms with E-state index in [1.54, 1.807) is 12.1 Å². The van der Waals surface area contributed by atoms with Crippen molar-refractivity contribution in [2.75, 3.05) is 13.1 Å². The van der Waals surface area contributed by atoms with E-state index < -0.39 is 0 Å². The minimum Gasteiger partial charge on any atom is -0.316 e. The van der Waals surface area contributed by atoms with Gasteiger partial charge in [-0.1, -0.05) is 6.07 Å². The molecule has 0 spiro atoms. The van der Waals surface area contributed by atoms with Crippen molar-refractivity contribution >= 4 is 0 Å². The molecule has 0 saturated carbocycles. The highest BCUT2D eigenvalue weighted by atomic mass is 19.1. The number of aromatic nitrogens is 3. The van der Waals surface area contributed by atoms with Crippen LogP contribution in [0.5, 0.6) is 0 Å². The molecular weight excluding hydrogens is 219 g/mol. The Hall–Kier alpha value is -1.75. The second kappa shape index (κ2) is 4.25. The molecule has 88 valence electrons. The Kier molecular flexibility index (Phi) is 2.60. The molecule has 1 fully saturated rings. The van der Waals surface area contributed by atoms with Gasteiger partial charge in [-0.05, 0) is 36.6 Å². The maximum atomic E-state index is 14.0. The van der Waals surface area contributed by atoms with Gasteiger partial charge in [0.1, 0.15) is 24.2 Å². The third-order valence-corrected chi connectivity index (χ3v) is 3.17. The maximum absolute atomic E-state index is 14.0. The number of hydrogen-bond acceptors (Lipinski definition) is 3. The quantitative estimate of drug-likeness (QED) is 0.853. The van der Waals surface area contributed by atoms with E-state index in [1.807, 2.05) is 6.07 Å². The molecule has 5 heteroatoms. The van der Waals surface area contributed by atoms with Crippen molar-refractivity contribution in [1.82, 2.24) is 20.1 Å². The molecule has 0 radical (unpaired) electrons. The number of nitrogens with zero attached hydrogens (tertiary/aromatic N) is 3. The lowest BCUT2D eigenvalue weighted by molar-refractivity contribution is 0.604. The van der Waals surface area contributed by atoms with Crippen molar-refractivity contribution in [3.05, 3.63) is 42.2 Å². The maximum Gasteiger partial charge on any atom is 0.149 e. The molecule has 1 aliphatic heterocycles. The van der Waals surface area contributed by atoms with Gasteiger partial charge in [-0.2, -0.15) is 5.10 Å². The third-order valence-electron chi connectivity index (χ3n) is 3.17. The molecule has 3 rings (SSSR count). The van der Waals surface area contributed by atoms with E-state index in [1.165, 1.54) is 17.3 Å². The molecule has 1 saturated heterocycles. The van der Waals surface area contributed by atoms with E-state index in [-0.39, 0.29) is 5.82 Å². The first kappa shape index (κ1) is 10.4. The number of hydrogen-bond donors (Lipinski definition) is 1. The summed E-state index contributed by atoms with van der Waals surface area (Å²) >= 11 is 0. The summed E-state index contributed by atoms with van der Waals surface area (Å²) in [5.74, 6) is 0.175. The minimum atomic E-state index is -0.250. The Balaban J connectivity index is 1.94. The topological polar surface area (TPSA) is 42.7 Å². The largest absolute Gasteiger partial charge is 0.316 e. The fourth-order valence-electron chi connectivity index (χ4n) is 2.23. The highest BCUT2D eigenvalue weighted by molar-refractivity contribution is 5.37. The van der Waals surface area contributed by atoms with E-state index in [4.69, 9.17) is 0 Å². The van der Waals surface area contributed by atoms with Crippen molar-refractivity contribution in [3.63, 3.8) is 0 Å². The predicted octanol–water partition coefficient (Wildman–Crippen LogP) is 1.48. The summed E-state index contributed by atoms with van der Waals surface area (Å²) in [7, 11) is 0. The van der Waals surface area contributed by atoms with Gasteiger partial charge in [0.25, 0.3) is 0 Å². The van der Waals surface area contributed by atoms with Gasteiger partial charge in [0.05, 0.1) is 0 Å². The average Bonchev–Trinajstić information content (AvgIpc) is 3.02. The smallest absolute Gasteiger partial charge is 0.149 e. The van der Waals surface area contributed by atoms with E-state index in [9.17, 15) is 4.39 Å². The summed E-state index contributed by atoms with van der Waals surface area (Å²) in [5, 5.41) is 7.21. The van der Waals surface area contributed by atoms with Gasteiger partial charge in [-0.15, -0.1) is 0 Å². The van der Waals surface area contributed by atoms with Crippen molar-refractivity contribution in [2.24, 2.45) is 0 Å². The Labute approximate surface area is 98.5 Å². The van der Waals surface area contributed by atoms with Gasteiger partial charge >= 0.3 is 0 Å². The summed E-state index contributed by atoms with van der Waals surface area (Å²) in [4.78, 5) is 3.81. The van der Waals surface area contributed by atoms with Crippen LogP contribution in [0.4, 0.5) is 4.39 Å². The lowest BCUT2D eigenvalue weighted by Crippen LogP contribution is -2.08. The summed E-state index contributed by atoms with van der Waals surface area (Å²) in [6.45, 7) is 1.94. The number of benzene rings is 1. The van der Waals surface area contributed by atoms with Gasteiger partial charge in [0, 0.05) is 6.54 Å². The van der Waals surface area contributed by atoms with Crippen molar-refractivity contribution < 1.29 is 4.39 Å². The SMILES string of the molecule is Fc1cc(C2CCNC2)ccc1-n1cncn1. The molecule has 1 atom stereocenters. The zero-order chi connectivity index (χ0) is 11.7. The van der Waals surface area contributed by atoms with Gasteiger partial charge in [0.15, 0.2) is 0 Å². The first-order valence-electron chi connectivity index (χ1n) is 5.70. The van der Waals surface area contributed by atoms with Crippen LogP contribution in [-0.2, 0) is 0 Å². The fraction of sp³-hybridized carbons (Fsp3) is 0.333. The number of nitrogens with one attached hydrogen (secondary N) is 1. The van der Waals surface area contributed by atoms with Crippen LogP contribution in [0.1, 0.15) is 17.9 Å². The molecule has 0 amide bonds. The predicted molar refractivity (Wildman–Crippen MR) is 61.5 cm³/mol. The molecule has 1 N–H and O–H groups in total.